The summed E-state index contributed by atoms with van der Waals surface area (Å²) in [7, 11) is 0. The van der Waals surface area contributed by atoms with E-state index in [9.17, 15) is 4.79 Å². The van der Waals surface area contributed by atoms with Crippen LogP contribution in [0, 0.1) is 5.92 Å². The van der Waals surface area contributed by atoms with Gasteiger partial charge >= 0.3 is 0 Å². The van der Waals surface area contributed by atoms with Crippen LogP contribution in [-0.4, -0.2) is 18.0 Å². The van der Waals surface area contributed by atoms with Crippen LogP contribution in [0.15, 0.2) is 0 Å². The number of nitrogens with one attached hydrogen (secondary N) is 1. The van der Waals surface area contributed by atoms with Crippen LogP contribution in [-0.2, 0) is 4.79 Å². The van der Waals surface area contributed by atoms with Crippen molar-refractivity contribution in [3.63, 3.8) is 0 Å². The number of hydrogen-bond acceptors (Lipinski definition) is 2. The van der Waals surface area contributed by atoms with E-state index in [2.05, 4.69) is 19.2 Å². The molecular formula is C10H22N2O. The number of carbonyl (C=O) groups is 1. The molecule has 3 N–H and O–H groups in total. The van der Waals surface area contributed by atoms with Crippen molar-refractivity contribution in [3.8, 4) is 0 Å². The molecule has 3 atom stereocenters. The van der Waals surface area contributed by atoms with E-state index in [1.807, 2.05) is 13.8 Å². The molecule has 0 saturated heterocycles. The largest absolute Gasteiger partial charge is 0.352 e. The van der Waals surface area contributed by atoms with Crippen LogP contribution in [0.5, 0.6) is 0 Å². The fourth-order valence-electron chi connectivity index (χ4n) is 1.01. The lowest BCUT2D eigenvalue weighted by Crippen LogP contribution is -2.46. The maximum atomic E-state index is 11.4. The zero-order valence-electron chi connectivity index (χ0n) is 9.13. The van der Waals surface area contributed by atoms with Crippen molar-refractivity contribution in [1.29, 1.82) is 0 Å². The quantitative estimate of drug-likeness (QED) is 0.679. The summed E-state index contributed by atoms with van der Waals surface area (Å²) in [5, 5.41) is 2.92. The highest BCUT2D eigenvalue weighted by Gasteiger charge is 2.16. The highest BCUT2D eigenvalue weighted by atomic mass is 16.2. The molecule has 0 aliphatic rings. The van der Waals surface area contributed by atoms with Crippen molar-refractivity contribution in [2.75, 3.05) is 0 Å². The van der Waals surface area contributed by atoms with Gasteiger partial charge < -0.3 is 11.1 Å². The Labute approximate surface area is 81.1 Å². The lowest BCUT2D eigenvalue weighted by atomic mass is 10.0. The zero-order valence-corrected chi connectivity index (χ0v) is 9.13. The first-order valence-electron chi connectivity index (χ1n) is 5.08. The molecule has 0 aromatic carbocycles. The van der Waals surface area contributed by atoms with Crippen LogP contribution in [0.3, 0.4) is 0 Å². The molecule has 13 heavy (non-hydrogen) atoms. The smallest absolute Gasteiger partial charge is 0.237 e. The molecule has 0 aromatic rings. The summed E-state index contributed by atoms with van der Waals surface area (Å²) in [4.78, 5) is 11.4. The second-order valence-electron chi connectivity index (χ2n) is 3.70. The number of hydrogen-bond donors (Lipinski definition) is 2. The van der Waals surface area contributed by atoms with Crippen LogP contribution < -0.4 is 11.1 Å². The fourth-order valence-corrected chi connectivity index (χ4v) is 1.01. The molecule has 0 spiro atoms. The van der Waals surface area contributed by atoms with Crippen molar-refractivity contribution in [1.82, 2.24) is 5.32 Å². The molecule has 0 aliphatic heterocycles. The molecule has 0 radical (unpaired) electrons. The van der Waals surface area contributed by atoms with Gasteiger partial charge in [-0.05, 0) is 19.3 Å². The van der Waals surface area contributed by atoms with Crippen molar-refractivity contribution in [3.05, 3.63) is 0 Å². The van der Waals surface area contributed by atoms with E-state index in [0.29, 0.717) is 12.3 Å². The lowest BCUT2D eigenvalue weighted by Gasteiger charge is -2.21. The normalized spacial score (nSPS) is 17.6. The van der Waals surface area contributed by atoms with Gasteiger partial charge in [-0.3, -0.25) is 4.79 Å². The minimum absolute atomic E-state index is 0.0321. The van der Waals surface area contributed by atoms with E-state index >= 15 is 0 Å². The second kappa shape index (κ2) is 5.97. The Morgan fingerprint density at radius 2 is 1.85 bits per heavy atom. The summed E-state index contributed by atoms with van der Waals surface area (Å²) in [5.41, 5.74) is 5.59. The number of nitrogens with two attached hydrogens (primary N) is 1. The molecule has 3 nitrogen and oxygen atoms in total. The van der Waals surface area contributed by atoms with Gasteiger partial charge in [0.05, 0.1) is 6.04 Å². The maximum Gasteiger partial charge on any atom is 0.237 e. The highest BCUT2D eigenvalue weighted by Crippen LogP contribution is 2.06. The van der Waals surface area contributed by atoms with E-state index in [4.69, 9.17) is 5.73 Å². The minimum atomic E-state index is -0.355. The summed E-state index contributed by atoms with van der Waals surface area (Å²) in [6, 6.07) is -0.137. The van der Waals surface area contributed by atoms with Gasteiger partial charge in [0.2, 0.25) is 5.91 Å². The van der Waals surface area contributed by atoms with E-state index in [1.165, 1.54) is 0 Å². The van der Waals surface area contributed by atoms with Gasteiger partial charge in [0.1, 0.15) is 0 Å². The summed E-state index contributed by atoms with van der Waals surface area (Å²) in [6.45, 7) is 8.18. The van der Waals surface area contributed by atoms with Gasteiger partial charge in [-0.2, -0.15) is 0 Å². The molecule has 0 heterocycles. The average molecular weight is 186 g/mol. The van der Waals surface area contributed by atoms with Crippen molar-refractivity contribution in [2.45, 2.75) is 52.6 Å². The van der Waals surface area contributed by atoms with Gasteiger partial charge in [0.15, 0.2) is 0 Å². The van der Waals surface area contributed by atoms with Gasteiger partial charge in [-0.15, -0.1) is 0 Å². The molecule has 2 unspecified atom stereocenters. The van der Waals surface area contributed by atoms with Gasteiger partial charge in [0.25, 0.3) is 0 Å². The van der Waals surface area contributed by atoms with Crippen molar-refractivity contribution in [2.24, 2.45) is 11.7 Å². The summed E-state index contributed by atoms with van der Waals surface area (Å²) >= 11 is 0. The molecule has 3 heteroatoms. The van der Waals surface area contributed by atoms with Crippen LogP contribution >= 0.6 is 0 Å². The SMILES string of the molecule is CCC(C)C(C)NC(=O)[C@@H](N)CC. The molecule has 0 rings (SSSR count). The molecule has 1 amide bonds. The first-order chi connectivity index (χ1) is 6.02. The van der Waals surface area contributed by atoms with Crippen LogP contribution in [0.25, 0.3) is 0 Å². The van der Waals surface area contributed by atoms with Crippen LogP contribution in [0.2, 0.25) is 0 Å². The van der Waals surface area contributed by atoms with E-state index < -0.39 is 0 Å². The molecule has 0 aromatic heterocycles. The highest BCUT2D eigenvalue weighted by molar-refractivity contribution is 5.81. The topological polar surface area (TPSA) is 55.1 Å². The van der Waals surface area contributed by atoms with Gasteiger partial charge in [-0.1, -0.05) is 27.2 Å². The Hall–Kier alpha value is -0.570. The van der Waals surface area contributed by atoms with Crippen LogP contribution in [0.1, 0.15) is 40.5 Å². The van der Waals surface area contributed by atoms with E-state index in [-0.39, 0.29) is 18.0 Å². The van der Waals surface area contributed by atoms with Crippen LogP contribution in [0.4, 0.5) is 0 Å². The Balaban J connectivity index is 3.91. The third kappa shape index (κ3) is 4.27. The zero-order chi connectivity index (χ0) is 10.4. The molecular weight excluding hydrogens is 164 g/mol. The van der Waals surface area contributed by atoms with E-state index in [0.717, 1.165) is 6.42 Å². The standard InChI is InChI=1S/C10H22N2O/c1-5-7(3)8(4)12-10(13)9(11)6-2/h7-9H,5-6,11H2,1-4H3,(H,12,13)/t7?,8?,9-/m0/s1. The molecule has 0 saturated carbocycles. The number of rotatable bonds is 5. The molecule has 78 valence electrons. The first kappa shape index (κ1) is 12.4. The first-order valence-corrected chi connectivity index (χ1v) is 5.08. The molecule has 0 fully saturated rings. The summed E-state index contributed by atoms with van der Waals surface area (Å²) < 4.78 is 0. The predicted molar refractivity (Wildman–Crippen MR) is 55.3 cm³/mol. The molecule has 0 bridgehead atoms. The average Bonchev–Trinajstić information content (AvgIpc) is 2.14. The fraction of sp³-hybridized carbons (Fsp3) is 0.900. The molecule has 0 aliphatic carbocycles. The summed E-state index contributed by atoms with van der Waals surface area (Å²) in [5.74, 6) is 0.475. The van der Waals surface area contributed by atoms with Crippen molar-refractivity contribution >= 4 is 5.91 Å². The van der Waals surface area contributed by atoms with E-state index in [1.54, 1.807) is 0 Å². The number of carbonyl (C=O) groups excluding carboxylic acids is 1. The Kier molecular flexibility index (Phi) is 5.71. The monoisotopic (exact) mass is 186 g/mol. The summed E-state index contributed by atoms with van der Waals surface area (Å²) in [6.07, 6.45) is 1.77. The Morgan fingerprint density at radius 3 is 2.23 bits per heavy atom. The predicted octanol–water partition coefficient (Wildman–Crippen LogP) is 1.27. The third-order valence-electron chi connectivity index (χ3n) is 2.64. The maximum absolute atomic E-state index is 11.4. The van der Waals surface area contributed by atoms with Crippen molar-refractivity contribution < 1.29 is 4.79 Å². The second-order valence-corrected chi connectivity index (χ2v) is 3.70. The Bertz CT molecular complexity index is 159. The lowest BCUT2D eigenvalue weighted by molar-refractivity contribution is -0.123. The Morgan fingerprint density at radius 1 is 1.31 bits per heavy atom. The van der Waals surface area contributed by atoms with Gasteiger partial charge in [0, 0.05) is 6.04 Å². The third-order valence-corrected chi connectivity index (χ3v) is 2.64. The van der Waals surface area contributed by atoms with Gasteiger partial charge in [-0.25, -0.2) is 0 Å². The minimum Gasteiger partial charge on any atom is -0.352 e. The number of amides is 1.